The summed E-state index contributed by atoms with van der Waals surface area (Å²) in [6, 6.07) is 6.88. The zero-order chi connectivity index (χ0) is 24.2. The van der Waals surface area contributed by atoms with Crippen LogP contribution in [0.4, 0.5) is 30.7 Å². The molecule has 0 amide bonds. The molecule has 0 fully saturated rings. The number of halogens is 7. The summed E-state index contributed by atoms with van der Waals surface area (Å²) in [5, 5.41) is 7.12. The lowest BCUT2D eigenvalue weighted by atomic mass is 9.93. The minimum absolute atomic E-state index is 0.230. The zero-order valence-electron chi connectivity index (χ0n) is 16.4. The number of esters is 1. The third-order valence-corrected chi connectivity index (χ3v) is 4.63. The summed E-state index contributed by atoms with van der Waals surface area (Å²) in [6.07, 6.45) is -4.78. The fourth-order valence-corrected chi connectivity index (χ4v) is 3.06. The van der Waals surface area contributed by atoms with E-state index in [1.54, 1.807) is 0 Å². The molecule has 1 heterocycles. The molecule has 0 saturated heterocycles. The number of carbonyl (C=O) groups is 2. The van der Waals surface area contributed by atoms with Crippen LogP contribution in [0.15, 0.2) is 30.3 Å². The van der Waals surface area contributed by atoms with Crippen molar-refractivity contribution in [1.82, 2.24) is 4.90 Å². The van der Waals surface area contributed by atoms with Crippen LogP contribution in [0, 0.1) is 23.3 Å². The second kappa shape index (κ2) is 9.98. The molecule has 2 aromatic rings. The number of rotatable bonds is 3. The highest BCUT2D eigenvalue weighted by Crippen LogP contribution is 2.28. The van der Waals surface area contributed by atoms with E-state index in [1.165, 1.54) is 12.0 Å². The fraction of sp³-hybridized carbons (Fsp3) is 0.300. The van der Waals surface area contributed by atoms with Gasteiger partial charge in [0.25, 0.3) is 0 Å². The second-order valence-corrected chi connectivity index (χ2v) is 6.67. The number of carboxylic acids is 1. The smallest absolute Gasteiger partial charge is 0.475 e. The van der Waals surface area contributed by atoms with E-state index in [-0.39, 0.29) is 13.1 Å². The Kier molecular flexibility index (Phi) is 7.83. The number of methoxy groups -OCH3 is 1. The summed E-state index contributed by atoms with van der Waals surface area (Å²) in [6.45, 7) is -0.156. The third-order valence-electron chi connectivity index (χ3n) is 4.63. The van der Waals surface area contributed by atoms with Gasteiger partial charge in [0.2, 0.25) is 0 Å². The number of ether oxygens (including phenoxy) is 1. The molecule has 1 unspecified atom stereocenters. The summed E-state index contributed by atoms with van der Waals surface area (Å²) in [7, 11) is 1.22. The number of aliphatic carboxylic acids is 1. The molecule has 32 heavy (non-hydrogen) atoms. The van der Waals surface area contributed by atoms with Crippen LogP contribution in [0.1, 0.15) is 16.7 Å². The molecule has 1 aliphatic rings. The first-order valence-corrected chi connectivity index (χ1v) is 8.87. The van der Waals surface area contributed by atoms with Crippen molar-refractivity contribution in [1.29, 1.82) is 0 Å². The summed E-state index contributed by atoms with van der Waals surface area (Å²) in [5.74, 6) is -9.42. The maximum Gasteiger partial charge on any atom is 0.490 e. The van der Waals surface area contributed by atoms with Crippen LogP contribution in [0.2, 0.25) is 0 Å². The first-order chi connectivity index (χ1) is 14.9. The number of alkyl halides is 3. The first-order valence-electron chi connectivity index (χ1n) is 8.87. The van der Waals surface area contributed by atoms with Crippen LogP contribution in [-0.4, -0.2) is 41.3 Å². The van der Waals surface area contributed by atoms with Gasteiger partial charge in [0.1, 0.15) is 11.9 Å². The van der Waals surface area contributed by atoms with Crippen molar-refractivity contribution in [2.75, 3.05) is 7.11 Å². The number of nitrogens with zero attached hydrogens (tertiary/aromatic N) is 1. The normalized spacial score (nSPS) is 15.9. The Morgan fingerprint density at radius 1 is 1.06 bits per heavy atom. The largest absolute Gasteiger partial charge is 0.490 e. The Hall–Kier alpha value is -3.15. The van der Waals surface area contributed by atoms with Gasteiger partial charge in [-0.3, -0.25) is 9.69 Å². The predicted molar refractivity (Wildman–Crippen MR) is 95.2 cm³/mol. The summed E-state index contributed by atoms with van der Waals surface area (Å²) >= 11 is 0. The number of fused-ring (bicyclic) bond motifs is 1. The average molecular weight is 467 g/mol. The topological polar surface area (TPSA) is 66.8 Å². The van der Waals surface area contributed by atoms with Crippen LogP contribution in [-0.2, 0) is 33.8 Å². The van der Waals surface area contributed by atoms with Gasteiger partial charge in [-0.05, 0) is 17.5 Å². The van der Waals surface area contributed by atoms with Gasteiger partial charge in [-0.25, -0.2) is 22.4 Å². The standard InChI is InChI=1S/C18H15F4NO2.C2HF3O2/c1-25-18(24)15-6-10-4-2-3-5-11(10)8-23(15)9-12-13(19)7-14(20)17(22)16(12)21;3-2(4,5)1(6)7/h2-5,7,15H,6,8-9H2,1H3;(H,6,7). The van der Waals surface area contributed by atoms with Crippen molar-refractivity contribution < 1.29 is 50.2 Å². The molecule has 2 aromatic carbocycles. The summed E-state index contributed by atoms with van der Waals surface area (Å²) < 4.78 is 91.0. The van der Waals surface area contributed by atoms with Crippen molar-refractivity contribution in [3.05, 3.63) is 70.3 Å². The van der Waals surface area contributed by atoms with Crippen molar-refractivity contribution in [2.45, 2.75) is 31.7 Å². The monoisotopic (exact) mass is 467 g/mol. The highest BCUT2D eigenvalue weighted by Gasteiger charge is 2.38. The number of benzene rings is 2. The quantitative estimate of drug-likeness (QED) is 0.320. The Bertz CT molecular complexity index is 1010. The molecule has 1 aliphatic heterocycles. The van der Waals surface area contributed by atoms with Crippen LogP contribution in [0.25, 0.3) is 0 Å². The van der Waals surface area contributed by atoms with Gasteiger partial charge >= 0.3 is 18.1 Å². The molecule has 0 aromatic heterocycles. The Morgan fingerprint density at radius 2 is 1.62 bits per heavy atom. The molecule has 0 aliphatic carbocycles. The lowest BCUT2D eigenvalue weighted by molar-refractivity contribution is -0.192. The fourth-order valence-electron chi connectivity index (χ4n) is 3.06. The molecule has 0 spiro atoms. The average Bonchev–Trinajstić information content (AvgIpc) is 2.73. The summed E-state index contributed by atoms with van der Waals surface area (Å²) in [5.41, 5.74) is 1.21. The van der Waals surface area contributed by atoms with E-state index in [0.717, 1.165) is 11.1 Å². The molecule has 3 rings (SSSR count). The van der Waals surface area contributed by atoms with Crippen molar-refractivity contribution >= 4 is 11.9 Å². The van der Waals surface area contributed by atoms with E-state index in [0.29, 0.717) is 12.5 Å². The first kappa shape index (κ1) is 25.1. The molecule has 0 saturated carbocycles. The van der Waals surface area contributed by atoms with E-state index < -0.39 is 53.0 Å². The van der Waals surface area contributed by atoms with Gasteiger partial charge in [-0.2, -0.15) is 13.2 Å². The van der Waals surface area contributed by atoms with Crippen molar-refractivity contribution in [2.24, 2.45) is 0 Å². The molecular weight excluding hydrogens is 451 g/mol. The maximum atomic E-state index is 14.0. The third kappa shape index (κ3) is 5.75. The van der Waals surface area contributed by atoms with Gasteiger partial charge in [0, 0.05) is 24.7 Å². The number of carbonyl (C=O) groups excluding carboxylic acids is 1. The highest BCUT2D eigenvalue weighted by molar-refractivity contribution is 5.76. The summed E-state index contributed by atoms with van der Waals surface area (Å²) in [4.78, 5) is 22.5. The molecule has 1 atom stereocenters. The zero-order valence-corrected chi connectivity index (χ0v) is 16.4. The maximum absolute atomic E-state index is 14.0. The minimum Gasteiger partial charge on any atom is -0.475 e. The molecule has 0 radical (unpaired) electrons. The van der Waals surface area contributed by atoms with Crippen LogP contribution < -0.4 is 0 Å². The van der Waals surface area contributed by atoms with E-state index in [1.807, 2.05) is 24.3 Å². The van der Waals surface area contributed by atoms with Crippen molar-refractivity contribution in [3.8, 4) is 0 Å². The van der Waals surface area contributed by atoms with Gasteiger partial charge in [-0.15, -0.1) is 0 Å². The predicted octanol–water partition coefficient (Wildman–Crippen LogP) is 3.98. The molecule has 174 valence electrons. The van der Waals surface area contributed by atoms with Crippen molar-refractivity contribution in [3.63, 3.8) is 0 Å². The van der Waals surface area contributed by atoms with E-state index in [9.17, 15) is 35.5 Å². The van der Waals surface area contributed by atoms with Gasteiger partial charge in [0.15, 0.2) is 17.5 Å². The van der Waals surface area contributed by atoms with E-state index >= 15 is 0 Å². The Labute approximate surface area is 177 Å². The Balaban J connectivity index is 0.000000451. The molecule has 5 nitrogen and oxygen atoms in total. The van der Waals surface area contributed by atoms with Crippen LogP contribution in [0.5, 0.6) is 0 Å². The number of hydrogen-bond acceptors (Lipinski definition) is 4. The van der Waals surface area contributed by atoms with Gasteiger partial charge in [-0.1, -0.05) is 24.3 Å². The second-order valence-electron chi connectivity index (χ2n) is 6.67. The molecule has 12 heteroatoms. The minimum atomic E-state index is -5.08. The lowest BCUT2D eigenvalue weighted by Crippen LogP contribution is -2.45. The molecular formula is C20H16F7NO4. The SMILES string of the molecule is COC(=O)C1Cc2ccccc2CN1Cc1c(F)cc(F)c(F)c1F.O=C(O)C(F)(F)F. The van der Waals surface area contributed by atoms with Crippen LogP contribution >= 0.6 is 0 Å². The molecule has 0 bridgehead atoms. The van der Waals surface area contributed by atoms with E-state index in [4.69, 9.17) is 14.6 Å². The number of carboxylic acid groups (broad SMARTS) is 1. The van der Waals surface area contributed by atoms with Gasteiger partial charge in [0.05, 0.1) is 7.11 Å². The van der Waals surface area contributed by atoms with E-state index in [2.05, 4.69) is 0 Å². The molecule has 1 N–H and O–H groups in total. The van der Waals surface area contributed by atoms with Gasteiger partial charge < -0.3 is 9.84 Å². The lowest BCUT2D eigenvalue weighted by Gasteiger charge is -2.35. The highest BCUT2D eigenvalue weighted by atomic mass is 19.4. The number of hydrogen-bond donors (Lipinski definition) is 1. The van der Waals surface area contributed by atoms with Crippen LogP contribution in [0.3, 0.4) is 0 Å². The Morgan fingerprint density at radius 3 is 2.16 bits per heavy atom.